The molecule has 215 valence electrons. The molecule has 7 aromatic rings. The molecule has 43 heavy (non-hydrogen) atoms. The van der Waals surface area contributed by atoms with Crippen LogP contribution in [0.1, 0.15) is 5.56 Å². The van der Waals surface area contributed by atoms with Gasteiger partial charge in [0, 0.05) is 52.7 Å². The Morgan fingerprint density at radius 2 is 1.40 bits per heavy atom. The average Bonchev–Trinajstić information content (AvgIpc) is 3.40. The van der Waals surface area contributed by atoms with E-state index in [1.807, 2.05) is 54.1 Å². The summed E-state index contributed by atoms with van der Waals surface area (Å²) in [6, 6.07) is 44.3. The van der Waals surface area contributed by atoms with Crippen LogP contribution in [0.15, 0.2) is 122 Å². The van der Waals surface area contributed by atoms with Gasteiger partial charge in [-0.15, -0.1) is 76.6 Å². The molecule has 0 N–H and O–H groups in total. The first-order chi connectivity index (χ1) is 20.4. The van der Waals surface area contributed by atoms with Crippen molar-refractivity contribution >= 4 is 44.8 Å². The molecule has 3 heterocycles. The zero-order chi connectivity index (χ0) is 29.1. The summed E-state index contributed by atoms with van der Waals surface area (Å²) in [5.74, 6) is 0. The molecular formula is C38H32IrN2SSi-2. The van der Waals surface area contributed by atoms with E-state index in [4.69, 9.17) is 4.98 Å². The Morgan fingerprint density at radius 1 is 0.651 bits per heavy atom. The Bertz CT molecular complexity index is 1960. The number of fused-ring (bicyclic) bond motifs is 3. The largest absolute Gasteiger partial charge is 0.305 e. The second-order valence-electron chi connectivity index (χ2n) is 11.4. The molecule has 0 bridgehead atoms. The molecule has 0 amide bonds. The molecule has 0 spiro atoms. The minimum Gasteiger partial charge on any atom is -0.305 e. The van der Waals surface area contributed by atoms with Crippen molar-refractivity contribution in [3.63, 3.8) is 0 Å². The molecule has 0 saturated carbocycles. The second kappa shape index (κ2) is 13.3. The molecule has 4 aromatic carbocycles. The van der Waals surface area contributed by atoms with Crippen molar-refractivity contribution in [3.8, 4) is 33.6 Å². The van der Waals surface area contributed by atoms with Gasteiger partial charge >= 0.3 is 0 Å². The summed E-state index contributed by atoms with van der Waals surface area (Å²) in [4.78, 5) is 9.26. The maximum Gasteiger partial charge on any atom is 0.0795 e. The molecule has 0 aliphatic heterocycles. The third kappa shape index (κ3) is 6.92. The predicted molar refractivity (Wildman–Crippen MR) is 183 cm³/mol. The van der Waals surface area contributed by atoms with Crippen molar-refractivity contribution in [2.45, 2.75) is 26.6 Å². The smallest absolute Gasteiger partial charge is 0.0795 e. The first-order valence-electron chi connectivity index (χ1n) is 14.2. The van der Waals surface area contributed by atoms with Crippen molar-refractivity contribution in [2.24, 2.45) is 0 Å². The predicted octanol–water partition coefficient (Wildman–Crippen LogP) is 9.98. The van der Waals surface area contributed by atoms with E-state index in [0.29, 0.717) is 0 Å². The standard InChI is InChI=1S/C24H16NS.C14H16NSi.Ir/c1-16-11-12-18(13-20(16)17-7-3-2-4-8-17)22-14-24-21(15-25-22)19-9-5-6-10-23(19)26-24;1-16(2,3)13-9-10-14(15-11-13)12-7-5-4-6-8-12;/h2-11,13-15H,1H3;4-7,9-11H,1-3H3;/q2*-1;. The number of hydrogen-bond acceptors (Lipinski definition) is 3. The first kappa shape index (κ1) is 30.7. The number of hydrogen-bond donors (Lipinski definition) is 0. The van der Waals surface area contributed by atoms with Crippen LogP contribution in [0.2, 0.25) is 19.6 Å². The zero-order valence-electron chi connectivity index (χ0n) is 24.7. The molecule has 3 aromatic heterocycles. The number of benzene rings is 4. The van der Waals surface area contributed by atoms with E-state index in [2.05, 4.69) is 123 Å². The fourth-order valence-corrected chi connectivity index (χ4v) is 7.11. The summed E-state index contributed by atoms with van der Waals surface area (Å²) in [7, 11) is -1.23. The molecule has 2 nitrogen and oxygen atoms in total. The van der Waals surface area contributed by atoms with E-state index in [9.17, 15) is 0 Å². The summed E-state index contributed by atoms with van der Waals surface area (Å²) in [5, 5.41) is 3.90. The van der Waals surface area contributed by atoms with E-state index in [-0.39, 0.29) is 20.1 Å². The van der Waals surface area contributed by atoms with Gasteiger partial charge in [-0.2, -0.15) is 0 Å². The van der Waals surface area contributed by atoms with Crippen molar-refractivity contribution in [3.05, 3.63) is 139 Å². The van der Waals surface area contributed by atoms with Gasteiger partial charge in [-0.05, 0) is 28.2 Å². The Morgan fingerprint density at radius 3 is 2.12 bits per heavy atom. The molecule has 1 radical (unpaired) electrons. The average molecular weight is 769 g/mol. The van der Waals surface area contributed by atoms with Gasteiger partial charge in [0.15, 0.2) is 0 Å². The molecule has 0 saturated heterocycles. The SMILES string of the molecule is C[Si](C)(C)c1ccc(-c2[c-]cccc2)nc1.Cc1c[c-]c(-c2cc3sc4ccccc4c3cn2)cc1-c1ccccc1.[Ir]. The second-order valence-corrected chi connectivity index (χ2v) is 17.6. The van der Waals surface area contributed by atoms with Gasteiger partial charge in [0.25, 0.3) is 0 Å². The minimum absolute atomic E-state index is 0. The van der Waals surface area contributed by atoms with E-state index in [1.54, 1.807) is 0 Å². The van der Waals surface area contributed by atoms with Crippen LogP contribution in [-0.2, 0) is 20.1 Å². The van der Waals surface area contributed by atoms with Crippen molar-refractivity contribution in [1.82, 2.24) is 9.97 Å². The van der Waals surface area contributed by atoms with Crippen LogP contribution < -0.4 is 5.19 Å². The van der Waals surface area contributed by atoms with Gasteiger partial charge in [0.2, 0.25) is 0 Å². The summed E-state index contributed by atoms with van der Waals surface area (Å²) >= 11 is 1.82. The number of aryl methyl sites for hydroxylation is 1. The monoisotopic (exact) mass is 769 g/mol. The third-order valence-electron chi connectivity index (χ3n) is 7.40. The quantitative estimate of drug-likeness (QED) is 0.132. The van der Waals surface area contributed by atoms with Gasteiger partial charge in [0.1, 0.15) is 0 Å². The van der Waals surface area contributed by atoms with Crippen LogP contribution in [0.25, 0.3) is 53.8 Å². The van der Waals surface area contributed by atoms with Crippen LogP contribution in [-0.4, -0.2) is 18.0 Å². The maximum atomic E-state index is 4.74. The van der Waals surface area contributed by atoms with Gasteiger partial charge in [-0.25, -0.2) is 0 Å². The first-order valence-corrected chi connectivity index (χ1v) is 18.5. The maximum absolute atomic E-state index is 4.74. The summed E-state index contributed by atoms with van der Waals surface area (Å²) in [5.41, 5.74) is 7.76. The van der Waals surface area contributed by atoms with Crippen molar-refractivity contribution < 1.29 is 20.1 Å². The van der Waals surface area contributed by atoms with Crippen LogP contribution in [0.4, 0.5) is 0 Å². The Labute approximate surface area is 272 Å². The molecule has 7 rings (SSSR count). The number of thiophene rings is 1. The van der Waals surface area contributed by atoms with Gasteiger partial charge in [0.05, 0.1) is 8.07 Å². The number of pyridine rings is 2. The van der Waals surface area contributed by atoms with Crippen LogP contribution >= 0.6 is 11.3 Å². The normalized spacial score (nSPS) is 11.1. The zero-order valence-corrected chi connectivity index (χ0v) is 28.9. The Balaban J connectivity index is 0.000000188. The Kier molecular flexibility index (Phi) is 9.48. The van der Waals surface area contributed by atoms with Gasteiger partial charge in [-0.1, -0.05) is 98.9 Å². The topological polar surface area (TPSA) is 25.8 Å². The van der Waals surface area contributed by atoms with Crippen LogP contribution in [0.5, 0.6) is 0 Å². The van der Waals surface area contributed by atoms with Gasteiger partial charge in [-0.3, -0.25) is 0 Å². The number of rotatable bonds is 4. The number of nitrogens with zero attached hydrogens (tertiary/aromatic N) is 2. The van der Waals surface area contributed by atoms with Crippen LogP contribution in [0, 0.1) is 19.1 Å². The fraction of sp³-hybridized carbons (Fsp3) is 0.105. The molecule has 5 heteroatoms. The van der Waals surface area contributed by atoms with E-state index in [1.165, 1.54) is 42.0 Å². The Hall–Kier alpha value is -3.73. The van der Waals surface area contributed by atoms with Crippen molar-refractivity contribution in [2.75, 3.05) is 0 Å². The van der Waals surface area contributed by atoms with Gasteiger partial charge < -0.3 is 9.97 Å². The summed E-state index contributed by atoms with van der Waals surface area (Å²) in [6.07, 6.45) is 4.02. The summed E-state index contributed by atoms with van der Waals surface area (Å²) in [6.45, 7) is 9.13. The molecule has 0 atom stereocenters. The summed E-state index contributed by atoms with van der Waals surface area (Å²) < 4.78 is 2.57. The van der Waals surface area contributed by atoms with E-state index in [0.717, 1.165) is 22.5 Å². The molecule has 0 aliphatic carbocycles. The molecular weight excluding hydrogens is 737 g/mol. The van der Waals surface area contributed by atoms with E-state index < -0.39 is 8.07 Å². The van der Waals surface area contributed by atoms with Crippen molar-refractivity contribution in [1.29, 1.82) is 0 Å². The van der Waals surface area contributed by atoms with E-state index >= 15 is 0 Å². The number of aromatic nitrogens is 2. The van der Waals surface area contributed by atoms with Crippen LogP contribution in [0.3, 0.4) is 0 Å². The molecule has 0 aliphatic rings. The molecule has 0 fully saturated rings. The third-order valence-corrected chi connectivity index (χ3v) is 10.6. The molecule has 0 unspecified atom stereocenters. The minimum atomic E-state index is -1.23. The fourth-order valence-electron chi connectivity index (χ4n) is 4.96.